The Morgan fingerprint density at radius 2 is 1.28 bits per heavy atom. The Morgan fingerprint density at radius 1 is 0.846 bits per heavy atom. The maximum absolute atomic E-state index is 14.4. The minimum absolute atomic E-state index is 0.0130. The third kappa shape index (κ3) is 4.27. The number of β-lactam (4-membered cyclic amide) rings is 1. The molecule has 3 atom stereocenters. The summed E-state index contributed by atoms with van der Waals surface area (Å²) in [7, 11) is -2.40. The fourth-order valence-corrected chi connectivity index (χ4v) is 9.21. The van der Waals surface area contributed by atoms with Gasteiger partial charge in [0.2, 0.25) is 5.91 Å². The van der Waals surface area contributed by atoms with Crippen molar-refractivity contribution in [3.05, 3.63) is 118 Å². The van der Waals surface area contributed by atoms with Gasteiger partial charge in [-0.05, 0) is 40.2 Å². The molecule has 1 amide bonds. The maximum Gasteiger partial charge on any atom is 0.223 e. The molecular formula is C32H37N3O2SSi. The standard InChI is InChI=1S/C32H37N3O2SSi/c1-22-28(38-34-33-22)27(36)26-29(35(30(26)37)39(5,6)31(2,3)4)32(23-16-10-7-11-17-23,24-18-12-8-13-19-24)25-20-14-9-15-21-25/h7-21,26-27,29,36H,1-6H3. The summed E-state index contributed by atoms with van der Waals surface area (Å²) in [4.78, 5) is 15.1. The number of benzene rings is 3. The van der Waals surface area contributed by atoms with Gasteiger partial charge in [-0.15, -0.1) is 5.10 Å². The van der Waals surface area contributed by atoms with Crippen molar-refractivity contribution in [1.82, 2.24) is 14.2 Å². The van der Waals surface area contributed by atoms with Crippen LogP contribution in [0.3, 0.4) is 0 Å². The molecule has 0 spiro atoms. The van der Waals surface area contributed by atoms with Crippen molar-refractivity contribution < 1.29 is 9.90 Å². The van der Waals surface area contributed by atoms with Crippen LogP contribution in [0.15, 0.2) is 91.0 Å². The Kier molecular flexibility index (Phi) is 7.12. The largest absolute Gasteiger partial charge is 0.387 e. The first-order valence-corrected chi connectivity index (χ1v) is 17.2. The third-order valence-electron chi connectivity index (χ3n) is 9.01. The fourth-order valence-electron chi connectivity index (χ4n) is 6.05. The van der Waals surface area contributed by atoms with Crippen molar-refractivity contribution in [2.24, 2.45) is 5.92 Å². The van der Waals surface area contributed by atoms with E-state index in [4.69, 9.17) is 0 Å². The highest BCUT2D eigenvalue weighted by Crippen LogP contribution is 2.57. The number of rotatable bonds is 7. The number of hydrogen-bond donors (Lipinski definition) is 1. The van der Waals surface area contributed by atoms with Gasteiger partial charge >= 0.3 is 0 Å². The minimum Gasteiger partial charge on any atom is -0.387 e. The minimum atomic E-state index is -2.40. The van der Waals surface area contributed by atoms with Crippen LogP contribution in [0, 0.1) is 12.8 Å². The van der Waals surface area contributed by atoms with Gasteiger partial charge in [-0.25, -0.2) is 0 Å². The van der Waals surface area contributed by atoms with E-state index in [1.807, 2.05) is 25.1 Å². The van der Waals surface area contributed by atoms with E-state index in [0.717, 1.165) is 16.7 Å². The summed E-state index contributed by atoms with van der Waals surface area (Å²) >= 11 is 1.18. The first-order valence-electron chi connectivity index (χ1n) is 13.5. The molecule has 1 aliphatic rings. The van der Waals surface area contributed by atoms with Gasteiger partial charge in [0.15, 0.2) is 8.24 Å². The summed E-state index contributed by atoms with van der Waals surface area (Å²) < 4.78 is 6.28. The molecule has 0 saturated carbocycles. The van der Waals surface area contributed by atoms with E-state index in [2.05, 4.69) is 121 Å². The first-order chi connectivity index (χ1) is 18.5. The highest BCUT2D eigenvalue weighted by Gasteiger charge is 2.66. The molecule has 4 aromatic rings. The number of aryl methyl sites for hydroxylation is 1. The number of nitrogens with zero attached hydrogens (tertiary/aromatic N) is 3. The van der Waals surface area contributed by atoms with Crippen LogP contribution in [-0.2, 0) is 10.2 Å². The van der Waals surface area contributed by atoms with E-state index in [-0.39, 0.29) is 17.0 Å². The summed E-state index contributed by atoms with van der Waals surface area (Å²) in [5.74, 6) is -0.639. The van der Waals surface area contributed by atoms with Gasteiger partial charge in [0.05, 0.1) is 27.9 Å². The zero-order chi connectivity index (χ0) is 28.0. The predicted molar refractivity (Wildman–Crippen MR) is 160 cm³/mol. The molecule has 202 valence electrons. The Hall–Kier alpha value is -3.13. The van der Waals surface area contributed by atoms with E-state index in [1.54, 1.807) is 0 Å². The van der Waals surface area contributed by atoms with Crippen LogP contribution in [-0.4, -0.2) is 39.4 Å². The van der Waals surface area contributed by atoms with Gasteiger partial charge in [0.25, 0.3) is 0 Å². The van der Waals surface area contributed by atoms with Crippen molar-refractivity contribution >= 4 is 25.7 Å². The van der Waals surface area contributed by atoms with Gasteiger partial charge in [-0.2, -0.15) is 0 Å². The van der Waals surface area contributed by atoms with Crippen LogP contribution in [0.25, 0.3) is 0 Å². The quantitative estimate of drug-likeness (QED) is 0.156. The molecule has 1 aliphatic heterocycles. The number of aromatic nitrogens is 2. The number of hydrogen-bond acceptors (Lipinski definition) is 5. The molecule has 7 heteroatoms. The highest BCUT2D eigenvalue weighted by atomic mass is 32.1. The number of aliphatic hydroxyl groups is 1. The van der Waals surface area contributed by atoms with E-state index in [9.17, 15) is 9.90 Å². The van der Waals surface area contributed by atoms with Crippen LogP contribution < -0.4 is 0 Å². The van der Waals surface area contributed by atoms with Gasteiger partial charge in [0, 0.05) is 0 Å². The molecule has 3 aromatic carbocycles. The van der Waals surface area contributed by atoms with E-state index in [1.165, 1.54) is 11.5 Å². The van der Waals surface area contributed by atoms with Crippen LogP contribution in [0.4, 0.5) is 0 Å². The normalized spacial score (nSPS) is 19.1. The van der Waals surface area contributed by atoms with Gasteiger partial charge in [0.1, 0.15) is 6.10 Å². The Labute approximate surface area is 236 Å². The molecule has 39 heavy (non-hydrogen) atoms. The number of carbonyl (C=O) groups excluding carboxylic acids is 1. The van der Waals surface area contributed by atoms with Crippen LogP contribution in [0.2, 0.25) is 18.1 Å². The monoisotopic (exact) mass is 555 g/mol. The van der Waals surface area contributed by atoms with Crippen molar-refractivity contribution in [2.75, 3.05) is 0 Å². The molecule has 5 rings (SSSR count). The van der Waals surface area contributed by atoms with Gasteiger partial charge < -0.3 is 9.67 Å². The van der Waals surface area contributed by atoms with E-state index < -0.39 is 25.7 Å². The second kappa shape index (κ2) is 10.1. The number of carbonyl (C=O) groups is 1. The summed E-state index contributed by atoms with van der Waals surface area (Å²) in [5, 5.41) is 16.0. The lowest BCUT2D eigenvalue weighted by atomic mass is 9.58. The average Bonchev–Trinajstić information content (AvgIpc) is 3.35. The molecule has 1 fully saturated rings. The highest BCUT2D eigenvalue weighted by molar-refractivity contribution is 7.05. The Balaban J connectivity index is 1.87. The summed E-state index contributed by atoms with van der Waals surface area (Å²) in [6, 6.07) is 31.1. The lowest BCUT2D eigenvalue weighted by Crippen LogP contribution is -2.78. The number of amides is 1. The second-order valence-corrected chi connectivity index (χ2v) is 17.9. The molecule has 3 unspecified atom stereocenters. The van der Waals surface area contributed by atoms with E-state index in [0.29, 0.717) is 10.6 Å². The molecule has 0 radical (unpaired) electrons. The summed E-state index contributed by atoms with van der Waals surface area (Å²) in [6.45, 7) is 13.1. The topological polar surface area (TPSA) is 66.3 Å². The van der Waals surface area contributed by atoms with Crippen molar-refractivity contribution in [3.8, 4) is 0 Å². The van der Waals surface area contributed by atoms with E-state index >= 15 is 0 Å². The molecule has 0 aliphatic carbocycles. The van der Waals surface area contributed by atoms with Crippen molar-refractivity contribution in [1.29, 1.82) is 0 Å². The SMILES string of the molecule is Cc1nnsc1C(O)C1C(=O)N([Si](C)(C)C(C)(C)C)C1C(c1ccccc1)(c1ccccc1)c1ccccc1. The Bertz CT molecular complexity index is 1340. The van der Waals surface area contributed by atoms with Gasteiger partial charge in [-0.1, -0.05) is 129 Å². The zero-order valence-electron chi connectivity index (χ0n) is 23.5. The number of aliphatic hydroxyl groups excluding tert-OH is 1. The Morgan fingerprint density at radius 3 is 1.64 bits per heavy atom. The van der Waals surface area contributed by atoms with Crippen LogP contribution in [0.1, 0.15) is 54.1 Å². The summed E-state index contributed by atoms with van der Waals surface area (Å²) in [5.41, 5.74) is 3.25. The first kappa shape index (κ1) is 27.4. The van der Waals surface area contributed by atoms with Crippen LogP contribution >= 0.6 is 11.5 Å². The van der Waals surface area contributed by atoms with Crippen LogP contribution in [0.5, 0.6) is 0 Å². The lowest BCUT2D eigenvalue weighted by molar-refractivity contribution is -0.159. The van der Waals surface area contributed by atoms with Crippen molar-refractivity contribution in [2.45, 2.75) is 63.4 Å². The lowest BCUT2D eigenvalue weighted by Gasteiger charge is -2.64. The second-order valence-electron chi connectivity index (χ2n) is 12.1. The fraction of sp³-hybridized carbons (Fsp3) is 0.344. The molecule has 1 N–H and O–H groups in total. The predicted octanol–water partition coefficient (Wildman–Crippen LogP) is 6.75. The van der Waals surface area contributed by atoms with Crippen molar-refractivity contribution in [3.63, 3.8) is 0 Å². The molecule has 1 aromatic heterocycles. The summed E-state index contributed by atoms with van der Waals surface area (Å²) in [6.07, 6.45) is -1.00. The van der Waals surface area contributed by atoms with Gasteiger partial charge in [-0.3, -0.25) is 4.79 Å². The molecule has 5 nitrogen and oxygen atoms in total. The zero-order valence-corrected chi connectivity index (χ0v) is 25.3. The average molecular weight is 556 g/mol. The smallest absolute Gasteiger partial charge is 0.223 e. The molecule has 2 heterocycles. The third-order valence-corrected chi connectivity index (χ3v) is 15.3. The molecule has 0 bridgehead atoms. The molecule has 1 saturated heterocycles. The molecular weight excluding hydrogens is 519 g/mol. The maximum atomic E-state index is 14.4.